The average molecular weight is 294 g/mol. The highest BCUT2D eigenvalue weighted by atomic mass is 32.2. The van der Waals surface area contributed by atoms with E-state index in [0.29, 0.717) is 0 Å². The lowest BCUT2D eigenvalue weighted by Gasteiger charge is -2.31. The molecule has 0 fully saturated rings. The number of pyridine rings is 1. The van der Waals surface area contributed by atoms with Crippen molar-refractivity contribution in [2.75, 3.05) is 4.90 Å². The van der Waals surface area contributed by atoms with Gasteiger partial charge in [-0.2, -0.15) is 0 Å². The Kier molecular flexibility index (Phi) is 2.89. The zero-order chi connectivity index (χ0) is 14.2. The van der Waals surface area contributed by atoms with E-state index in [2.05, 4.69) is 11.1 Å². The van der Waals surface area contributed by atoms with Gasteiger partial charge >= 0.3 is 0 Å². The van der Waals surface area contributed by atoms with E-state index in [-0.39, 0.29) is 5.82 Å². The van der Waals surface area contributed by atoms with E-state index in [4.69, 9.17) is 0 Å². The number of hydrogen-bond donors (Lipinski definition) is 0. The number of benzene rings is 2. The lowest BCUT2D eigenvalue weighted by Crippen LogP contribution is -2.16. The summed E-state index contributed by atoms with van der Waals surface area (Å²) in [5.41, 5.74) is 1.81. The Bertz CT molecular complexity index is 774. The maximum Gasteiger partial charge on any atom is 0.151 e. The van der Waals surface area contributed by atoms with Crippen LogP contribution in [0.3, 0.4) is 0 Å². The second-order valence-corrected chi connectivity index (χ2v) is 5.79. The van der Waals surface area contributed by atoms with E-state index in [9.17, 15) is 4.39 Å². The van der Waals surface area contributed by atoms with Crippen molar-refractivity contribution in [1.29, 1.82) is 0 Å². The minimum Gasteiger partial charge on any atom is -0.293 e. The van der Waals surface area contributed by atoms with Gasteiger partial charge in [0.25, 0.3) is 0 Å². The Morgan fingerprint density at radius 3 is 2.67 bits per heavy atom. The van der Waals surface area contributed by atoms with Crippen molar-refractivity contribution in [3.05, 3.63) is 72.7 Å². The van der Waals surface area contributed by atoms with Crippen LogP contribution >= 0.6 is 11.8 Å². The average Bonchev–Trinajstić information content (AvgIpc) is 2.52. The fourth-order valence-electron chi connectivity index (χ4n) is 2.47. The molecule has 0 amide bonds. The second kappa shape index (κ2) is 4.90. The van der Waals surface area contributed by atoms with E-state index < -0.39 is 0 Å². The van der Waals surface area contributed by atoms with E-state index in [1.165, 1.54) is 12.1 Å². The fraction of sp³-hybridized carbons (Fsp3) is 0. The minimum absolute atomic E-state index is 0.249. The van der Waals surface area contributed by atoms with Crippen LogP contribution in [-0.4, -0.2) is 4.98 Å². The lowest BCUT2D eigenvalue weighted by molar-refractivity contribution is 0.628. The summed E-state index contributed by atoms with van der Waals surface area (Å²) in [6, 6.07) is 18.7. The molecule has 1 aromatic heterocycles. The van der Waals surface area contributed by atoms with Gasteiger partial charge in [-0.05, 0) is 42.5 Å². The van der Waals surface area contributed by atoms with Gasteiger partial charge in [-0.15, -0.1) is 0 Å². The topological polar surface area (TPSA) is 16.1 Å². The Balaban J connectivity index is 1.97. The molecular formula is C17H11FN2S. The van der Waals surface area contributed by atoms with Crippen LogP contribution in [0.25, 0.3) is 0 Å². The molecule has 102 valence electrons. The van der Waals surface area contributed by atoms with Crippen molar-refractivity contribution in [1.82, 2.24) is 4.98 Å². The quantitative estimate of drug-likeness (QED) is 0.482. The van der Waals surface area contributed by atoms with Crippen molar-refractivity contribution in [3.63, 3.8) is 0 Å². The summed E-state index contributed by atoms with van der Waals surface area (Å²) >= 11 is 1.69. The monoisotopic (exact) mass is 294 g/mol. The highest BCUT2D eigenvalue weighted by Gasteiger charge is 2.25. The van der Waals surface area contributed by atoms with Crippen LogP contribution in [0.15, 0.2) is 76.7 Å². The van der Waals surface area contributed by atoms with Crippen molar-refractivity contribution in [2.45, 2.75) is 9.79 Å². The maximum absolute atomic E-state index is 13.6. The number of hydrogen-bond acceptors (Lipinski definition) is 3. The number of halogens is 1. The van der Waals surface area contributed by atoms with Gasteiger partial charge in [0.15, 0.2) is 5.82 Å². The van der Waals surface area contributed by atoms with Crippen LogP contribution in [0.1, 0.15) is 0 Å². The standard InChI is InChI=1S/C17H11FN2S/c18-12-5-3-6-13(11-12)20-14-7-1-2-8-15(14)21-16-9-4-10-19-17(16)20/h1-11H. The first-order valence-corrected chi connectivity index (χ1v) is 7.42. The summed E-state index contributed by atoms with van der Waals surface area (Å²) in [4.78, 5) is 8.70. The largest absolute Gasteiger partial charge is 0.293 e. The molecule has 0 N–H and O–H groups in total. The van der Waals surface area contributed by atoms with Gasteiger partial charge < -0.3 is 0 Å². The fourth-order valence-corrected chi connectivity index (χ4v) is 3.50. The maximum atomic E-state index is 13.6. The molecule has 0 radical (unpaired) electrons. The van der Waals surface area contributed by atoms with Crippen LogP contribution in [0, 0.1) is 5.82 Å². The number of rotatable bonds is 1. The van der Waals surface area contributed by atoms with Crippen LogP contribution in [0.5, 0.6) is 0 Å². The van der Waals surface area contributed by atoms with E-state index in [0.717, 1.165) is 27.0 Å². The third-order valence-electron chi connectivity index (χ3n) is 3.36. The molecule has 2 heterocycles. The Morgan fingerprint density at radius 2 is 1.76 bits per heavy atom. The van der Waals surface area contributed by atoms with Crippen molar-refractivity contribution in [2.24, 2.45) is 0 Å². The molecule has 2 aromatic carbocycles. The molecule has 3 aromatic rings. The van der Waals surface area contributed by atoms with Crippen LogP contribution in [0.2, 0.25) is 0 Å². The van der Waals surface area contributed by atoms with Crippen LogP contribution in [0.4, 0.5) is 21.6 Å². The molecule has 0 spiro atoms. The Labute approximate surface area is 126 Å². The number of aromatic nitrogens is 1. The first kappa shape index (κ1) is 12.4. The molecule has 0 atom stereocenters. The van der Waals surface area contributed by atoms with Crippen LogP contribution < -0.4 is 4.90 Å². The predicted octanol–water partition coefficient (Wildman–Crippen LogP) is 5.16. The number of anilines is 3. The molecule has 4 rings (SSSR count). The first-order chi connectivity index (χ1) is 10.3. The third kappa shape index (κ3) is 2.08. The summed E-state index contributed by atoms with van der Waals surface area (Å²) in [6.07, 6.45) is 1.76. The third-order valence-corrected chi connectivity index (χ3v) is 4.46. The molecule has 0 aliphatic carbocycles. The number of fused-ring (bicyclic) bond motifs is 2. The first-order valence-electron chi connectivity index (χ1n) is 6.60. The molecule has 4 heteroatoms. The Morgan fingerprint density at radius 1 is 0.905 bits per heavy atom. The highest BCUT2D eigenvalue weighted by molar-refractivity contribution is 7.99. The number of nitrogens with zero attached hydrogens (tertiary/aromatic N) is 2. The van der Waals surface area contributed by atoms with Gasteiger partial charge in [0.05, 0.1) is 16.3 Å². The predicted molar refractivity (Wildman–Crippen MR) is 83.0 cm³/mol. The molecule has 1 aliphatic heterocycles. The smallest absolute Gasteiger partial charge is 0.151 e. The molecule has 0 bridgehead atoms. The van der Waals surface area contributed by atoms with Crippen molar-refractivity contribution < 1.29 is 4.39 Å². The van der Waals surface area contributed by atoms with E-state index in [1.807, 2.05) is 41.3 Å². The number of para-hydroxylation sites is 1. The molecular weight excluding hydrogens is 283 g/mol. The molecule has 21 heavy (non-hydrogen) atoms. The van der Waals surface area contributed by atoms with Crippen molar-refractivity contribution >= 4 is 29.0 Å². The molecule has 0 saturated heterocycles. The van der Waals surface area contributed by atoms with E-state index >= 15 is 0 Å². The summed E-state index contributed by atoms with van der Waals surface area (Å²) < 4.78 is 13.6. The van der Waals surface area contributed by atoms with Gasteiger partial charge in [0.1, 0.15) is 5.82 Å². The zero-order valence-electron chi connectivity index (χ0n) is 11.0. The van der Waals surface area contributed by atoms with Gasteiger partial charge in [-0.3, -0.25) is 4.90 Å². The summed E-state index contributed by atoms with van der Waals surface area (Å²) in [6.45, 7) is 0. The van der Waals surface area contributed by atoms with Gasteiger partial charge in [0, 0.05) is 11.1 Å². The minimum atomic E-state index is -0.249. The molecule has 0 unspecified atom stereocenters. The van der Waals surface area contributed by atoms with Crippen molar-refractivity contribution in [3.8, 4) is 0 Å². The molecule has 0 saturated carbocycles. The van der Waals surface area contributed by atoms with Gasteiger partial charge in [0.2, 0.25) is 0 Å². The summed E-state index contributed by atoms with van der Waals surface area (Å²) in [5, 5.41) is 0. The van der Waals surface area contributed by atoms with Gasteiger partial charge in [-0.25, -0.2) is 9.37 Å². The lowest BCUT2D eigenvalue weighted by atomic mass is 10.2. The Hall–Kier alpha value is -2.33. The summed E-state index contributed by atoms with van der Waals surface area (Å²) in [7, 11) is 0. The second-order valence-electron chi connectivity index (χ2n) is 4.71. The zero-order valence-corrected chi connectivity index (χ0v) is 11.8. The van der Waals surface area contributed by atoms with Gasteiger partial charge in [-0.1, -0.05) is 30.0 Å². The van der Waals surface area contributed by atoms with E-state index in [1.54, 1.807) is 24.0 Å². The molecule has 2 nitrogen and oxygen atoms in total. The molecule has 1 aliphatic rings. The SMILES string of the molecule is Fc1cccc(N2c3ccccc3Sc3cccnc32)c1. The normalized spacial score (nSPS) is 12.7. The van der Waals surface area contributed by atoms with Crippen LogP contribution in [-0.2, 0) is 0 Å². The summed E-state index contributed by atoms with van der Waals surface area (Å²) in [5.74, 6) is 0.590. The highest BCUT2D eigenvalue weighted by Crippen LogP contribution is 2.49.